The van der Waals surface area contributed by atoms with Gasteiger partial charge in [-0.05, 0) is 36.1 Å². The quantitative estimate of drug-likeness (QED) is 0.343. The van der Waals surface area contributed by atoms with E-state index in [0.29, 0.717) is 22.9 Å². The van der Waals surface area contributed by atoms with Crippen molar-refractivity contribution in [3.63, 3.8) is 0 Å². The fraction of sp³-hybridized carbons (Fsp3) is 0.259. The van der Waals surface area contributed by atoms with Crippen molar-refractivity contribution in [3.8, 4) is 0 Å². The highest BCUT2D eigenvalue weighted by Crippen LogP contribution is 2.41. The Morgan fingerprint density at radius 3 is 2.12 bits per heavy atom. The summed E-state index contributed by atoms with van der Waals surface area (Å²) in [6, 6.07) is 17.5. The summed E-state index contributed by atoms with van der Waals surface area (Å²) in [4.78, 5) is 29.6. The molecule has 7 heteroatoms. The zero-order chi connectivity index (χ0) is 24.6. The molecule has 1 atom stereocenters. The molecule has 3 aromatic rings. The van der Waals surface area contributed by atoms with Crippen molar-refractivity contribution in [3.05, 3.63) is 88.5 Å². The lowest BCUT2D eigenvalue weighted by atomic mass is 9.93. The molecule has 4 rings (SSSR count). The van der Waals surface area contributed by atoms with Crippen LogP contribution in [-0.2, 0) is 9.59 Å². The number of Topliss-reactive ketones (excluding diaryl/α,β-unsaturated/α-hetero) is 1. The maximum atomic E-state index is 13.2. The predicted molar refractivity (Wildman–Crippen MR) is 133 cm³/mol. The van der Waals surface area contributed by atoms with E-state index in [1.165, 1.54) is 4.90 Å². The van der Waals surface area contributed by atoms with Crippen LogP contribution in [0.3, 0.4) is 0 Å². The summed E-state index contributed by atoms with van der Waals surface area (Å²) in [5, 5.41) is 19.6. The van der Waals surface area contributed by atoms with Crippen LogP contribution >= 0.6 is 0 Å². The molecule has 2 aromatic carbocycles. The number of aliphatic hydroxyl groups is 1. The average Bonchev–Trinajstić information content (AvgIpc) is 3.09. The van der Waals surface area contributed by atoms with Crippen molar-refractivity contribution in [2.75, 3.05) is 23.9 Å². The summed E-state index contributed by atoms with van der Waals surface area (Å²) in [6.07, 6.45) is 0. The zero-order valence-corrected chi connectivity index (χ0v) is 20.0. The highest BCUT2D eigenvalue weighted by molar-refractivity contribution is 6.51. The molecule has 0 spiro atoms. The second kappa shape index (κ2) is 9.09. The minimum absolute atomic E-state index is 0.0321. The molecule has 2 heterocycles. The van der Waals surface area contributed by atoms with Crippen LogP contribution in [0.5, 0.6) is 0 Å². The average molecular weight is 457 g/mol. The van der Waals surface area contributed by atoms with Crippen molar-refractivity contribution < 1.29 is 14.7 Å². The number of aliphatic hydroxyl groups excluding tert-OH is 1. The summed E-state index contributed by atoms with van der Waals surface area (Å²) in [7, 11) is 3.68. The summed E-state index contributed by atoms with van der Waals surface area (Å²) < 4.78 is 0. The zero-order valence-electron chi connectivity index (χ0n) is 20.0. The van der Waals surface area contributed by atoms with Crippen molar-refractivity contribution >= 4 is 29.1 Å². The number of carbonyl (C=O) groups excluding carboxylic acids is 2. The van der Waals surface area contributed by atoms with Gasteiger partial charge in [0.2, 0.25) is 0 Å². The summed E-state index contributed by atoms with van der Waals surface area (Å²) in [5.74, 6) is -0.520. The second-order valence-electron chi connectivity index (χ2n) is 9.00. The van der Waals surface area contributed by atoms with E-state index >= 15 is 0 Å². The molecular formula is C27H28N4O3. The van der Waals surface area contributed by atoms with Gasteiger partial charge in [0.15, 0.2) is 11.6 Å². The van der Waals surface area contributed by atoms with E-state index in [2.05, 4.69) is 24.0 Å². The molecule has 1 fully saturated rings. The third kappa shape index (κ3) is 4.17. The minimum Gasteiger partial charge on any atom is -0.507 e. The molecule has 1 amide bonds. The number of benzene rings is 2. The van der Waals surface area contributed by atoms with Crippen LogP contribution in [0.2, 0.25) is 0 Å². The first-order valence-corrected chi connectivity index (χ1v) is 11.2. The van der Waals surface area contributed by atoms with Crippen LogP contribution in [-0.4, -0.2) is 41.1 Å². The minimum atomic E-state index is -0.831. The Bertz CT molecular complexity index is 1240. The van der Waals surface area contributed by atoms with Crippen LogP contribution in [0, 0.1) is 6.92 Å². The third-order valence-corrected chi connectivity index (χ3v) is 6.03. The van der Waals surface area contributed by atoms with E-state index < -0.39 is 17.7 Å². The van der Waals surface area contributed by atoms with Gasteiger partial charge in [-0.3, -0.25) is 14.5 Å². The van der Waals surface area contributed by atoms with Gasteiger partial charge in [-0.15, -0.1) is 10.2 Å². The molecular weight excluding hydrogens is 428 g/mol. The Morgan fingerprint density at radius 1 is 0.941 bits per heavy atom. The molecule has 1 aliphatic rings. The molecule has 0 bridgehead atoms. The first kappa shape index (κ1) is 23.2. The number of nitrogens with zero attached hydrogens (tertiary/aromatic N) is 4. The van der Waals surface area contributed by atoms with Crippen LogP contribution in [0.4, 0.5) is 11.6 Å². The normalized spacial score (nSPS) is 17.5. The van der Waals surface area contributed by atoms with E-state index in [4.69, 9.17) is 0 Å². The topological polar surface area (TPSA) is 86.6 Å². The Morgan fingerprint density at radius 2 is 1.59 bits per heavy atom. The molecule has 7 nitrogen and oxygen atoms in total. The van der Waals surface area contributed by atoms with Gasteiger partial charge in [0.1, 0.15) is 5.76 Å². The molecule has 34 heavy (non-hydrogen) atoms. The Labute approximate surface area is 199 Å². The number of hydrogen-bond donors (Lipinski definition) is 1. The van der Waals surface area contributed by atoms with Crippen molar-refractivity contribution in [2.45, 2.75) is 32.7 Å². The Balaban J connectivity index is 1.89. The fourth-order valence-electron chi connectivity index (χ4n) is 4.00. The predicted octanol–water partition coefficient (Wildman–Crippen LogP) is 4.60. The lowest BCUT2D eigenvalue weighted by Gasteiger charge is -2.25. The number of rotatable bonds is 5. The number of ketones is 1. The number of carbonyl (C=O) groups is 2. The highest BCUT2D eigenvalue weighted by atomic mass is 16.3. The van der Waals surface area contributed by atoms with E-state index in [0.717, 1.165) is 11.1 Å². The molecule has 1 aromatic heterocycles. The fourth-order valence-corrected chi connectivity index (χ4v) is 4.00. The lowest BCUT2D eigenvalue weighted by Crippen LogP contribution is -2.30. The van der Waals surface area contributed by atoms with Crippen LogP contribution in [0.1, 0.15) is 48.1 Å². The number of aromatic nitrogens is 2. The van der Waals surface area contributed by atoms with Crippen LogP contribution in [0.25, 0.3) is 5.76 Å². The summed E-state index contributed by atoms with van der Waals surface area (Å²) >= 11 is 0. The molecule has 1 unspecified atom stereocenters. The van der Waals surface area contributed by atoms with E-state index in [-0.39, 0.29) is 17.2 Å². The van der Waals surface area contributed by atoms with E-state index in [9.17, 15) is 14.7 Å². The molecule has 1 saturated heterocycles. The highest BCUT2D eigenvalue weighted by Gasteiger charge is 2.47. The number of anilines is 2. The lowest BCUT2D eigenvalue weighted by molar-refractivity contribution is -0.132. The van der Waals surface area contributed by atoms with Crippen molar-refractivity contribution in [1.29, 1.82) is 0 Å². The maximum absolute atomic E-state index is 13.2. The van der Waals surface area contributed by atoms with Gasteiger partial charge in [-0.1, -0.05) is 67.9 Å². The first-order valence-electron chi connectivity index (χ1n) is 11.2. The molecule has 0 aliphatic carbocycles. The van der Waals surface area contributed by atoms with Gasteiger partial charge >= 0.3 is 5.91 Å². The van der Waals surface area contributed by atoms with Gasteiger partial charge in [-0.2, -0.15) is 0 Å². The van der Waals surface area contributed by atoms with Crippen molar-refractivity contribution in [2.24, 2.45) is 0 Å². The second-order valence-corrected chi connectivity index (χ2v) is 9.00. The maximum Gasteiger partial charge on any atom is 0.301 e. The molecule has 0 saturated carbocycles. The standard InChI is InChI=1S/C27H28N4O3/c1-16(2)18-10-12-19(13-11-18)24-23(25(32)20-8-6-17(3)7-9-20)26(33)27(34)31(24)22-15-14-21(28-29-22)30(4)5/h6-16,24,32H,1-5H3/b25-23-. The molecule has 0 radical (unpaired) electrons. The number of amides is 1. The van der Waals surface area contributed by atoms with E-state index in [1.807, 2.05) is 57.4 Å². The van der Waals surface area contributed by atoms with Crippen LogP contribution in [0.15, 0.2) is 66.2 Å². The van der Waals surface area contributed by atoms with Gasteiger partial charge in [0, 0.05) is 19.7 Å². The van der Waals surface area contributed by atoms with Gasteiger partial charge in [0.05, 0.1) is 11.6 Å². The smallest absolute Gasteiger partial charge is 0.301 e. The van der Waals surface area contributed by atoms with Crippen LogP contribution < -0.4 is 9.80 Å². The van der Waals surface area contributed by atoms with Gasteiger partial charge < -0.3 is 10.0 Å². The summed E-state index contributed by atoms with van der Waals surface area (Å²) in [6.45, 7) is 6.13. The van der Waals surface area contributed by atoms with Gasteiger partial charge in [0.25, 0.3) is 5.78 Å². The Kier molecular flexibility index (Phi) is 6.20. The number of aryl methyl sites for hydroxylation is 1. The molecule has 1 aliphatic heterocycles. The van der Waals surface area contributed by atoms with E-state index in [1.54, 1.807) is 29.2 Å². The SMILES string of the molecule is Cc1ccc(/C(O)=C2/C(=O)C(=O)N(c3ccc(N(C)C)nn3)C2c2ccc(C(C)C)cc2)cc1. The largest absolute Gasteiger partial charge is 0.507 e. The monoisotopic (exact) mass is 456 g/mol. The number of hydrogen-bond acceptors (Lipinski definition) is 6. The molecule has 174 valence electrons. The molecule has 1 N–H and O–H groups in total. The first-order chi connectivity index (χ1) is 16.2. The van der Waals surface area contributed by atoms with Gasteiger partial charge in [-0.25, -0.2) is 0 Å². The van der Waals surface area contributed by atoms with Crippen molar-refractivity contribution in [1.82, 2.24) is 10.2 Å². The third-order valence-electron chi connectivity index (χ3n) is 6.03. The summed E-state index contributed by atoms with van der Waals surface area (Å²) in [5.41, 5.74) is 3.37. The Hall–Kier alpha value is -4.00.